The molecule has 0 unspecified atom stereocenters. The highest BCUT2D eigenvalue weighted by Gasteiger charge is 2.15. The molecule has 0 saturated carbocycles. The van der Waals surface area contributed by atoms with Crippen molar-refractivity contribution < 1.29 is 8.78 Å². The summed E-state index contributed by atoms with van der Waals surface area (Å²) < 4.78 is 28.1. The zero-order chi connectivity index (χ0) is 22.0. The summed E-state index contributed by atoms with van der Waals surface area (Å²) in [6, 6.07) is 14.1. The standard InChI is InChI=1S/C24H23F2N3OS/c1-16(2)12-28(13-17-3-7-19(25)8-4-17)14-21-11-23(30)29-22(15-31-24(29)27-21)18-5-9-20(26)10-6-18/h3-11,15-16H,12-14H2,1-2H3. The molecule has 0 aliphatic rings. The Bertz CT molecular complexity index is 1230. The lowest BCUT2D eigenvalue weighted by Gasteiger charge is -2.24. The quantitative estimate of drug-likeness (QED) is 0.389. The fraction of sp³-hybridized carbons (Fsp3) is 0.250. The molecule has 0 N–H and O–H groups in total. The number of nitrogens with zero attached hydrogens (tertiary/aromatic N) is 3. The van der Waals surface area contributed by atoms with Gasteiger partial charge in [0, 0.05) is 31.1 Å². The van der Waals surface area contributed by atoms with Crippen molar-refractivity contribution in [1.82, 2.24) is 14.3 Å². The fourth-order valence-corrected chi connectivity index (χ4v) is 4.57. The average Bonchev–Trinajstić information content (AvgIpc) is 3.14. The molecule has 0 fully saturated rings. The lowest BCUT2D eigenvalue weighted by molar-refractivity contribution is 0.225. The van der Waals surface area contributed by atoms with Crippen LogP contribution in [0.4, 0.5) is 8.78 Å². The van der Waals surface area contributed by atoms with Crippen LogP contribution >= 0.6 is 11.3 Å². The number of thiazole rings is 1. The molecule has 0 radical (unpaired) electrons. The highest BCUT2D eigenvalue weighted by atomic mass is 32.1. The van der Waals surface area contributed by atoms with Gasteiger partial charge in [0.2, 0.25) is 0 Å². The van der Waals surface area contributed by atoms with E-state index in [1.54, 1.807) is 34.7 Å². The zero-order valence-electron chi connectivity index (χ0n) is 17.4. The summed E-state index contributed by atoms with van der Waals surface area (Å²) in [5.41, 5.74) is 3.01. The molecular formula is C24H23F2N3OS. The smallest absolute Gasteiger partial charge is 0.259 e. The van der Waals surface area contributed by atoms with Gasteiger partial charge in [0.05, 0.1) is 11.4 Å². The van der Waals surface area contributed by atoms with Crippen LogP contribution in [0.3, 0.4) is 0 Å². The first-order chi connectivity index (χ1) is 14.9. The number of halogens is 2. The van der Waals surface area contributed by atoms with Gasteiger partial charge in [-0.1, -0.05) is 26.0 Å². The first-order valence-electron chi connectivity index (χ1n) is 10.1. The second-order valence-electron chi connectivity index (χ2n) is 8.02. The van der Waals surface area contributed by atoms with Crippen LogP contribution < -0.4 is 5.56 Å². The molecule has 0 bridgehead atoms. The molecule has 2 aromatic heterocycles. The molecule has 0 amide bonds. The van der Waals surface area contributed by atoms with Crippen LogP contribution in [0.5, 0.6) is 0 Å². The van der Waals surface area contributed by atoms with Gasteiger partial charge in [-0.25, -0.2) is 13.8 Å². The van der Waals surface area contributed by atoms with Gasteiger partial charge < -0.3 is 0 Å². The molecule has 0 aliphatic carbocycles. The monoisotopic (exact) mass is 439 g/mol. The average molecular weight is 440 g/mol. The van der Waals surface area contributed by atoms with Gasteiger partial charge in [0.25, 0.3) is 5.56 Å². The van der Waals surface area contributed by atoms with Crippen molar-refractivity contribution >= 4 is 16.3 Å². The summed E-state index contributed by atoms with van der Waals surface area (Å²) in [4.78, 5) is 20.4. The molecule has 2 heterocycles. The van der Waals surface area contributed by atoms with Crippen molar-refractivity contribution in [2.45, 2.75) is 26.9 Å². The number of aromatic nitrogens is 2. The van der Waals surface area contributed by atoms with E-state index in [-0.39, 0.29) is 17.2 Å². The molecule has 160 valence electrons. The van der Waals surface area contributed by atoms with Crippen LogP contribution in [-0.4, -0.2) is 20.8 Å². The van der Waals surface area contributed by atoms with Gasteiger partial charge >= 0.3 is 0 Å². The largest absolute Gasteiger partial charge is 0.293 e. The van der Waals surface area contributed by atoms with E-state index in [1.807, 2.05) is 5.38 Å². The third-order valence-electron chi connectivity index (χ3n) is 4.93. The predicted molar refractivity (Wildman–Crippen MR) is 120 cm³/mol. The molecule has 0 atom stereocenters. The van der Waals surface area contributed by atoms with Crippen LogP contribution in [0, 0.1) is 17.6 Å². The van der Waals surface area contributed by atoms with Crippen molar-refractivity contribution in [3.8, 4) is 11.3 Å². The maximum absolute atomic E-state index is 13.3. The number of hydrogen-bond donors (Lipinski definition) is 0. The molecule has 0 spiro atoms. The number of hydrogen-bond acceptors (Lipinski definition) is 4. The van der Waals surface area contributed by atoms with Gasteiger partial charge in [0.1, 0.15) is 11.6 Å². The molecule has 4 nitrogen and oxygen atoms in total. The van der Waals surface area contributed by atoms with Crippen LogP contribution in [-0.2, 0) is 13.1 Å². The minimum atomic E-state index is -0.317. The second-order valence-corrected chi connectivity index (χ2v) is 8.86. The first kappa shape index (κ1) is 21.3. The summed E-state index contributed by atoms with van der Waals surface area (Å²) in [5, 5.41) is 1.87. The second kappa shape index (κ2) is 9.08. The Kier molecular flexibility index (Phi) is 6.25. The van der Waals surface area contributed by atoms with E-state index < -0.39 is 0 Å². The maximum Gasteiger partial charge on any atom is 0.259 e. The van der Waals surface area contributed by atoms with E-state index in [0.717, 1.165) is 17.7 Å². The van der Waals surface area contributed by atoms with Crippen LogP contribution in [0.1, 0.15) is 25.1 Å². The number of rotatable bonds is 7. The highest BCUT2D eigenvalue weighted by molar-refractivity contribution is 7.15. The summed E-state index contributed by atoms with van der Waals surface area (Å²) in [6.07, 6.45) is 0. The van der Waals surface area contributed by atoms with Crippen molar-refractivity contribution in [3.05, 3.63) is 93.2 Å². The van der Waals surface area contributed by atoms with E-state index in [4.69, 9.17) is 4.98 Å². The third kappa shape index (κ3) is 5.06. The SMILES string of the molecule is CC(C)CN(Cc1ccc(F)cc1)Cc1cc(=O)n2c(-c3ccc(F)cc3)csc2n1. The molecule has 7 heteroatoms. The van der Waals surface area contributed by atoms with Crippen LogP contribution in [0.15, 0.2) is 64.8 Å². The summed E-state index contributed by atoms with van der Waals surface area (Å²) in [6.45, 7) is 6.26. The minimum Gasteiger partial charge on any atom is -0.293 e. The Balaban J connectivity index is 1.62. The number of benzene rings is 2. The van der Waals surface area contributed by atoms with E-state index in [1.165, 1.54) is 35.6 Å². The molecule has 0 saturated heterocycles. The lowest BCUT2D eigenvalue weighted by Crippen LogP contribution is -2.28. The van der Waals surface area contributed by atoms with Gasteiger partial charge in [-0.2, -0.15) is 0 Å². The Morgan fingerprint density at radius 2 is 1.65 bits per heavy atom. The zero-order valence-corrected chi connectivity index (χ0v) is 18.2. The molecule has 4 aromatic rings. The summed E-state index contributed by atoms with van der Waals surface area (Å²) in [5.74, 6) is -0.145. The van der Waals surface area contributed by atoms with Crippen molar-refractivity contribution in [2.24, 2.45) is 5.92 Å². The van der Waals surface area contributed by atoms with Gasteiger partial charge in [-0.05, 0) is 53.4 Å². The molecule has 2 aromatic carbocycles. The molecule has 4 rings (SSSR count). The van der Waals surface area contributed by atoms with Crippen molar-refractivity contribution in [2.75, 3.05) is 6.54 Å². The van der Waals surface area contributed by atoms with E-state index in [0.29, 0.717) is 35.4 Å². The first-order valence-corrected chi connectivity index (χ1v) is 11.0. The summed E-state index contributed by atoms with van der Waals surface area (Å²) in [7, 11) is 0. The van der Waals surface area contributed by atoms with E-state index in [2.05, 4.69) is 18.7 Å². The van der Waals surface area contributed by atoms with Crippen molar-refractivity contribution in [3.63, 3.8) is 0 Å². The molecular weight excluding hydrogens is 416 g/mol. The van der Waals surface area contributed by atoms with Gasteiger partial charge in [-0.3, -0.25) is 14.1 Å². The molecule has 0 aliphatic heterocycles. The fourth-order valence-electron chi connectivity index (χ4n) is 3.65. The molecule has 31 heavy (non-hydrogen) atoms. The van der Waals surface area contributed by atoms with E-state index in [9.17, 15) is 13.6 Å². The van der Waals surface area contributed by atoms with Crippen LogP contribution in [0.2, 0.25) is 0 Å². The van der Waals surface area contributed by atoms with Gasteiger partial charge in [-0.15, -0.1) is 11.3 Å². The lowest BCUT2D eigenvalue weighted by atomic mass is 10.1. The van der Waals surface area contributed by atoms with Gasteiger partial charge in [0.15, 0.2) is 4.96 Å². The van der Waals surface area contributed by atoms with E-state index >= 15 is 0 Å². The van der Waals surface area contributed by atoms with Crippen molar-refractivity contribution in [1.29, 1.82) is 0 Å². The Morgan fingerprint density at radius 1 is 1.00 bits per heavy atom. The topological polar surface area (TPSA) is 37.6 Å². The minimum absolute atomic E-state index is 0.160. The third-order valence-corrected chi connectivity index (χ3v) is 5.75. The van der Waals surface area contributed by atoms with Crippen LogP contribution in [0.25, 0.3) is 16.2 Å². The highest BCUT2D eigenvalue weighted by Crippen LogP contribution is 2.24. The predicted octanol–water partition coefficient (Wildman–Crippen LogP) is 5.36. The Morgan fingerprint density at radius 3 is 2.29 bits per heavy atom. The number of fused-ring (bicyclic) bond motifs is 1. The normalized spacial score (nSPS) is 11.7. The Hall–Kier alpha value is -2.90. The summed E-state index contributed by atoms with van der Waals surface area (Å²) >= 11 is 1.39. The Labute approximate surface area is 183 Å². The maximum atomic E-state index is 13.3.